The molecule has 4 fully saturated rings. The van der Waals surface area contributed by atoms with Gasteiger partial charge in [-0.2, -0.15) is 0 Å². The molecular formula is C94H119ClN4O14. The molecule has 1 N–H and O–H groups in total. The van der Waals surface area contributed by atoms with E-state index in [0.29, 0.717) is 91.3 Å². The Labute approximate surface area is 672 Å². The highest BCUT2D eigenvalue weighted by molar-refractivity contribution is 6.31. The molecule has 4 aliphatic carbocycles. The molecule has 7 aliphatic rings. The summed E-state index contributed by atoms with van der Waals surface area (Å²) in [6.07, 6.45) is 18.0. The van der Waals surface area contributed by atoms with Gasteiger partial charge in [-0.05, 0) is 238 Å². The van der Waals surface area contributed by atoms with Gasteiger partial charge in [0.2, 0.25) is 11.8 Å². The topological polar surface area (TPSA) is 230 Å². The minimum Gasteiger partial charge on any atom is -0.496 e. The summed E-state index contributed by atoms with van der Waals surface area (Å²) in [5.41, 5.74) is 18.3. The van der Waals surface area contributed by atoms with Crippen molar-refractivity contribution in [3.05, 3.63) is 187 Å². The second kappa shape index (κ2) is 36.6. The molecule has 18 nitrogen and oxygen atoms in total. The van der Waals surface area contributed by atoms with Crippen LogP contribution < -0.4 is 20.6 Å². The van der Waals surface area contributed by atoms with E-state index in [0.717, 1.165) is 158 Å². The highest BCUT2D eigenvalue weighted by atomic mass is 35.5. The summed E-state index contributed by atoms with van der Waals surface area (Å²) in [4.78, 5) is 115. The van der Waals surface area contributed by atoms with Crippen LogP contribution in [0.3, 0.4) is 0 Å². The Kier molecular flexibility index (Phi) is 28.0. The Hall–Kier alpha value is -9.00. The number of aromatic hydroxyl groups is 1. The molecule has 5 aromatic carbocycles. The van der Waals surface area contributed by atoms with E-state index in [1.165, 1.54) is 45.9 Å². The fourth-order valence-electron chi connectivity index (χ4n) is 18.7. The molecule has 1 spiro atoms. The summed E-state index contributed by atoms with van der Waals surface area (Å²) in [5, 5.41) is 11.1. The van der Waals surface area contributed by atoms with Crippen LogP contribution in [0.4, 0.5) is 0 Å². The lowest BCUT2D eigenvalue weighted by atomic mass is 9.71. The number of halogens is 1. The van der Waals surface area contributed by atoms with E-state index in [1.807, 2.05) is 73.6 Å². The fourth-order valence-corrected chi connectivity index (χ4v) is 19.0. The molecule has 2 unspecified atom stereocenters. The van der Waals surface area contributed by atoms with Crippen molar-refractivity contribution in [3.8, 4) is 39.8 Å². The third-order valence-corrected chi connectivity index (χ3v) is 24.2. The molecule has 0 bridgehead atoms. The second-order valence-electron chi connectivity index (χ2n) is 33.2. The zero-order chi connectivity index (χ0) is 82.4. The average molecular weight is 1560 g/mol. The Morgan fingerprint density at radius 2 is 0.973 bits per heavy atom. The number of ether oxygens (including phenoxy) is 4. The quantitative estimate of drug-likeness (QED) is 0.0836. The fraction of sp³-hybridized carbons (Fsp3) is 0.521. The molecule has 113 heavy (non-hydrogen) atoms. The van der Waals surface area contributed by atoms with Crippen LogP contribution in [0.5, 0.6) is 17.5 Å². The average Bonchev–Trinajstić information content (AvgIpc) is 1.60. The van der Waals surface area contributed by atoms with Crippen LogP contribution in [0.1, 0.15) is 253 Å². The van der Waals surface area contributed by atoms with Gasteiger partial charge in [-0.3, -0.25) is 47.8 Å². The van der Waals surface area contributed by atoms with Gasteiger partial charge in [0.25, 0.3) is 11.1 Å². The van der Waals surface area contributed by atoms with Gasteiger partial charge in [0, 0.05) is 53.4 Å². The number of ketones is 5. The van der Waals surface area contributed by atoms with Gasteiger partial charge in [0.05, 0.1) is 38.8 Å². The number of carbonyl (C=O) groups excluding carboxylic acids is 7. The molecule has 606 valence electrons. The van der Waals surface area contributed by atoms with Gasteiger partial charge in [-0.1, -0.05) is 156 Å². The van der Waals surface area contributed by atoms with Gasteiger partial charge >= 0.3 is 11.9 Å². The maximum atomic E-state index is 13.5. The molecular weight excluding hydrogens is 1440 g/mol. The molecule has 4 atom stereocenters. The number of allylic oxidation sites excluding steroid dienone is 2. The monoisotopic (exact) mass is 1560 g/mol. The second-order valence-corrected chi connectivity index (χ2v) is 33.6. The number of aryl methyl sites for hydroxylation is 13. The summed E-state index contributed by atoms with van der Waals surface area (Å²) in [7, 11) is 1.54. The third-order valence-electron chi connectivity index (χ3n) is 24.0. The maximum absolute atomic E-state index is 13.5. The molecule has 3 aliphatic heterocycles. The molecule has 7 aromatic rings. The summed E-state index contributed by atoms with van der Waals surface area (Å²) in [6.45, 7) is 36.8. The Morgan fingerprint density at radius 1 is 0.513 bits per heavy atom. The zero-order valence-corrected chi connectivity index (χ0v) is 70.9. The van der Waals surface area contributed by atoms with Crippen molar-refractivity contribution in [2.45, 2.75) is 277 Å². The van der Waals surface area contributed by atoms with Gasteiger partial charge in [-0.25, -0.2) is 14.0 Å². The van der Waals surface area contributed by atoms with E-state index < -0.39 is 29.1 Å². The molecule has 14 rings (SSSR count). The number of benzene rings is 5. The number of rotatable bonds is 13. The van der Waals surface area contributed by atoms with E-state index in [9.17, 15) is 48.3 Å². The Morgan fingerprint density at radius 3 is 1.48 bits per heavy atom. The van der Waals surface area contributed by atoms with Crippen molar-refractivity contribution in [1.82, 2.24) is 18.7 Å². The summed E-state index contributed by atoms with van der Waals surface area (Å²) in [6, 6.07) is 20.3. The van der Waals surface area contributed by atoms with Gasteiger partial charge in [0.1, 0.15) is 46.2 Å². The first-order valence-electron chi connectivity index (χ1n) is 41.3. The lowest BCUT2D eigenvalue weighted by molar-refractivity contribution is -0.146. The molecule has 5 heterocycles. The van der Waals surface area contributed by atoms with Crippen LogP contribution in [0.2, 0.25) is 5.02 Å². The van der Waals surface area contributed by atoms with E-state index >= 15 is 0 Å². The highest BCUT2D eigenvalue weighted by Gasteiger charge is 2.54. The minimum absolute atomic E-state index is 0.00182. The van der Waals surface area contributed by atoms with Crippen molar-refractivity contribution in [1.29, 1.82) is 0 Å². The summed E-state index contributed by atoms with van der Waals surface area (Å²) < 4.78 is 28.7. The van der Waals surface area contributed by atoms with Gasteiger partial charge in [0.15, 0.2) is 23.1 Å². The first-order valence-corrected chi connectivity index (χ1v) is 41.6. The van der Waals surface area contributed by atoms with Crippen molar-refractivity contribution in [3.63, 3.8) is 0 Å². The largest absolute Gasteiger partial charge is 0.496 e. The number of carbonyl (C=O) groups is 7. The first-order chi connectivity index (χ1) is 53.7. The van der Waals surface area contributed by atoms with E-state index in [4.69, 9.17) is 30.5 Å². The first kappa shape index (κ1) is 86.4. The normalized spacial score (nSPS) is 19.2. The smallest absolute Gasteiger partial charge is 0.326 e. The number of fused-ring (bicyclic) bond motifs is 3. The standard InChI is InChI=1S/C23H32N2O4.2C20H26O2.C16H19ClN2O3.C15H16O3/c1-7-16-13-15(3)14-17(8-2)18(16)19-20(26)24-9-11-28-12-10-25(24)21(19)29-22(27)23(4,5)6;1-4-15-11-13(2)10-14(3)17(15)18-16(21)12-20(19(18)22)8-6-5-7-9-20;1-4-13-10-12(3)11-14(5-2)17(13)18-19(21)15-8-6-7-9-16(15)20(18)22;1-3-10-8-11(17)9-12(22-2)13(10)14-15(20)18-6-4-5-7-19(18)16(14)21;1-8-5-9(2)13(10(3)6-8)14-12(16)7-11(4)18-15(14)17/h13-14H,7-12H2,1-6H3;10-11,18H,4-9,12H2,1-3H3;10-11,15-16,18H,4-9H2,1-3H3;8-9,20H,3-7H2,1-2H3;5-7,14H,1-4H3/t;;15-,16-;;/m..0../s1. The van der Waals surface area contributed by atoms with E-state index in [1.54, 1.807) is 38.8 Å². The van der Waals surface area contributed by atoms with Gasteiger partial charge in [-0.15, -0.1) is 0 Å². The molecule has 19 heteroatoms. The molecule has 0 radical (unpaired) electrons. The van der Waals surface area contributed by atoms with Crippen LogP contribution in [0.15, 0.2) is 82.1 Å². The number of cyclic esters (lactones) is 1. The van der Waals surface area contributed by atoms with Crippen molar-refractivity contribution in [2.75, 3.05) is 20.3 Å². The molecule has 0 saturated heterocycles. The number of methoxy groups -OCH3 is 1. The number of esters is 2. The Bertz CT molecular complexity index is 4860. The van der Waals surface area contributed by atoms with Crippen molar-refractivity contribution in [2.24, 2.45) is 22.7 Å². The Balaban J connectivity index is 0.000000151. The van der Waals surface area contributed by atoms with Crippen LogP contribution >= 0.6 is 11.6 Å². The number of hydrogen-bond donors (Lipinski definition) is 1. The zero-order valence-electron chi connectivity index (χ0n) is 70.1. The molecule has 4 saturated carbocycles. The lowest BCUT2D eigenvalue weighted by Crippen LogP contribution is -2.30. The van der Waals surface area contributed by atoms with Crippen LogP contribution in [-0.4, -0.2) is 85.0 Å². The van der Waals surface area contributed by atoms with Crippen LogP contribution in [0.25, 0.3) is 22.3 Å². The highest BCUT2D eigenvalue weighted by Crippen LogP contribution is 2.52. The van der Waals surface area contributed by atoms with E-state index in [2.05, 4.69) is 91.8 Å². The molecule has 2 aromatic heterocycles. The summed E-state index contributed by atoms with van der Waals surface area (Å²) in [5.74, 6) is -0.761. The van der Waals surface area contributed by atoms with E-state index in [-0.39, 0.29) is 69.1 Å². The molecule has 0 amide bonds. The SMILES string of the molecule is CC1=CC(=O)C(c2c(C)cc(C)cc2C)C(=O)O1.CCc1cc(C)cc(C)c1C1C(=O)CC2(CCCCC2)C1=O.CCc1cc(C)cc(CC)c1-c1c(OC(=O)C(C)(C)C)n2n(c1=O)CCOCC2.CCc1cc(C)cc(CC)c1C1C(=O)[C@H]2CCCC[C@@H]2C1=O.CCc1cc(Cl)cc(OC)c1-c1c(O)n2n(c1=O)CCCC2. The predicted octanol–water partition coefficient (Wildman–Crippen LogP) is 18.1. The van der Waals surface area contributed by atoms with Crippen molar-refractivity contribution < 1.29 is 57.6 Å². The predicted molar refractivity (Wildman–Crippen MR) is 444 cm³/mol. The number of Topliss-reactive ketones (excluding diaryl/α,β-unsaturated/α-hetero) is 4. The maximum Gasteiger partial charge on any atom is 0.326 e. The lowest BCUT2D eigenvalue weighted by Gasteiger charge is -2.31. The third kappa shape index (κ3) is 17.9. The van der Waals surface area contributed by atoms with Crippen LogP contribution in [0, 0.1) is 71.1 Å². The summed E-state index contributed by atoms with van der Waals surface area (Å²) >= 11 is 6.12. The number of aromatic nitrogens is 4. The number of hydrogen-bond acceptors (Lipinski definition) is 14. The van der Waals surface area contributed by atoms with Gasteiger partial charge < -0.3 is 24.1 Å². The van der Waals surface area contributed by atoms with Crippen molar-refractivity contribution >= 4 is 52.5 Å². The number of nitrogens with zero attached hydrogens (tertiary/aromatic N) is 4. The van der Waals surface area contributed by atoms with Crippen LogP contribution in [-0.2, 0) is 108 Å². The minimum atomic E-state index is -0.811.